The van der Waals surface area contributed by atoms with Gasteiger partial charge in [-0.15, -0.1) is 0 Å². The molecule has 0 aliphatic carbocycles. The van der Waals surface area contributed by atoms with Gasteiger partial charge in [0.2, 0.25) is 0 Å². The van der Waals surface area contributed by atoms with Gasteiger partial charge in [0.1, 0.15) is 0 Å². The molecule has 0 radical (unpaired) electrons. The van der Waals surface area contributed by atoms with Crippen LogP contribution in [0.2, 0.25) is 10.0 Å². The van der Waals surface area contributed by atoms with E-state index in [-0.39, 0.29) is 5.92 Å². The first-order valence-electron chi connectivity index (χ1n) is 5.75. The van der Waals surface area contributed by atoms with Gasteiger partial charge in [0.25, 0.3) is 0 Å². The number of hydrogen-bond acceptors (Lipinski definition) is 2. The third kappa shape index (κ3) is 3.13. The molecule has 1 aromatic rings. The Morgan fingerprint density at radius 1 is 1.41 bits per heavy atom. The molecule has 90 valence electrons. The standard InChI is InChI=1S/C13H14Cl2N2/c14-12-5-1-4-11(13(12)15)9-17-6-2-3-10(7-16)8-17/h1,4-5,10H,2-3,6,8-9H2/t10-/m1/s1. The molecule has 1 aliphatic rings. The van der Waals surface area contributed by atoms with Crippen LogP contribution in [0.1, 0.15) is 18.4 Å². The normalized spacial score (nSPS) is 21.1. The molecule has 1 saturated heterocycles. The molecular weight excluding hydrogens is 255 g/mol. The topological polar surface area (TPSA) is 27.0 Å². The molecule has 1 aliphatic heterocycles. The van der Waals surface area contributed by atoms with E-state index in [9.17, 15) is 0 Å². The Morgan fingerprint density at radius 3 is 3.00 bits per heavy atom. The summed E-state index contributed by atoms with van der Waals surface area (Å²) in [5, 5.41) is 10.2. The fourth-order valence-electron chi connectivity index (χ4n) is 2.22. The predicted molar refractivity (Wildman–Crippen MR) is 70.1 cm³/mol. The van der Waals surface area contributed by atoms with Crippen molar-refractivity contribution in [2.75, 3.05) is 13.1 Å². The summed E-state index contributed by atoms with van der Waals surface area (Å²) in [7, 11) is 0. The van der Waals surface area contributed by atoms with Crippen LogP contribution in [-0.2, 0) is 6.54 Å². The van der Waals surface area contributed by atoms with E-state index in [1.807, 2.05) is 12.1 Å². The number of nitriles is 1. The van der Waals surface area contributed by atoms with E-state index in [0.717, 1.165) is 38.0 Å². The van der Waals surface area contributed by atoms with Crippen molar-refractivity contribution in [2.24, 2.45) is 5.92 Å². The lowest BCUT2D eigenvalue weighted by molar-refractivity contribution is 0.192. The summed E-state index contributed by atoms with van der Waals surface area (Å²) < 4.78 is 0. The maximum atomic E-state index is 8.95. The van der Waals surface area contributed by atoms with E-state index in [1.165, 1.54) is 0 Å². The Kier molecular flexibility index (Phi) is 4.28. The Balaban J connectivity index is 2.06. The van der Waals surface area contributed by atoms with E-state index in [2.05, 4.69) is 11.0 Å². The van der Waals surface area contributed by atoms with E-state index in [4.69, 9.17) is 28.5 Å². The van der Waals surface area contributed by atoms with E-state index < -0.39 is 0 Å². The summed E-state index contributed by atoms with van der Waals surface area (Å²) in [5.41, 5.74) is 1.04. The van der Waals surface area contributed by atoms with E-state index in [0.29, 0.717) is 10.0 Å². The van der Waals surface area contributed by atoms with Crippen LogP contribution in [0.5, 0.6) is 0 Å². The molecular formula is C13H14Cl2N2. The van der Waals surface area contributed by atoms with Crippen LogP contribution in [0.15, 0.2) is 18.2 Å². The fraction of sp³-hybridized carbons (Fsp3) is 0.462. The van der Waals surface area contributed by atoms with Crippen molar-refractivity contribution in [3.63, 3.8) is 0 Å². The maximum Gasteiger partial charge on any atom is 0.0669 e. The smallest absolute Gasteiger partial charge is 0.0669 e. The summed E-state index contributed by atoms with van der Waals surface area (Å²) in [6.07, 6.45) is 2.09. The minimum absolute atomic E-state index is 0.154. The molecule has 1 heterocycles. The average molecular weight is 269 g/mol. The molecule has 1 fully saturated rings. The number of likely N-dealkylation sites (tertiary alicyclic amines) is 1. The molecule has 0 saturated carbocycles. The maximum absolute atomic E-state index is 8.95. The van der Waals surface area contributed by atoms with Crippen molar-refractivity contribution in [1.82, 2.24) is 4.90 Å². The first kappa shape index (κ1) is 12.7. The summed E-state index contributed by atoms with van der Waals surface area (Å²) in [4.78, 5) is 2.27. The second kappa shape index (κ2) is 5.73. The molecule has 2 rings (SSSR count). The van der Waals surface area contributed by atoms with Gasteiger partial charge in [-0.25, -0.2) is 0 Å². The largest absolute Gasteiger partial charge is 0.298 e. The Bertz CT molecular complexity index is 440. The summed E-state index contributed by atoms with van der Waals surface area (Å²) >= 11 is 12.1. The van der Waals surface area contributed by atoms with Crippen LogP contribution in [0.3, 0.4) is 0 Å². The van der Waals surface area contributed by atoms with Crippen LogP contribution in [0.25, 0.3) is 0 Å². The van der Waals surface area contributed by atoms with Crippen LogP contribution in [0.4, 0.5) is 0 Å². The zero-order valence-corrected chi connectivity index (χ0v) is 11.0. The molecule has 0 amide bonds. The van der Waals surface area contributed by atoms with Crippen molar-refractivity contribution in [3.8, 4) is 6.07 Å². The lowest BCUT2D eigenvalue weighted by atomic mass is 9.99. The highest BCUT2D eigenvalue weighted by atomic mass is 35.5. The highest BCUT2D eigenvalue weighted by Crippen LogP contribution is 2.27. The van der Waals surface area contributed by atoms with Crippen LogP contribution >= 0.6 is 23.2 Å². The van der Waals surface area contributed by atoms with Gasteiger partial charge in [-0.1, -0.05) is 35.3 Å². The molecule has 0 bridgehead atoms. The van der Waals surface area contributed by atoms with Crippen LogP contribution in [-0.4, -0.2) is 18.0 Å². The third-order valence-corrected chi connectivity index (χ3v) is 3.97. The summed E-state index contributed by atoms with van der Waals surface area (Å²) in [6, 6.07) is 8.04. The number of nitrogens with zero attached hydrogens (tertiary/aromatic N) is 2. The summed E-state index contributed by atoms with van der Waals surface area (Å²) in [5.74, 6) is 0.154. The van der Waals surface area contributed by atoms with Crippen molar-refractivity contribution in [3.05, 3.63) is 33.8 Å². The molecule has 0 spiro atoms. The highest BCUT2D eigenvalue weighted by molar-refractivity contribution is 6.42. The highest BCUT2D eigenvalue weighted by Gasteiger charge is 2.20. The number of benzene rings is 1. The average Bonchev–Trinajstić information content (AvgIpc) is 2.35. The molecule has 0 unspecified atom stereocenters. The number of rotatable bonds is 2. The minimum Gasteiger partial charge on any atom is -0.298 e. The number of halogens is 2. The second-order valence-corrected chi connectivity index (χ2v) is 5.20. The molecule has 4 heteroatoms. The van der Waals surface area contributed by atoms with E-state index in [1.54, 1.807) is 6.07 Å². The SMILES string of the molecule is N#C[C@H]1CCCN(Cc2cccc(Cl)c2Cl)C1. The molecule has 0 aromatic heterocycles. The lowest BCUT2D eigenvalue weighted by Crippen LogP contribution is -2.34. The predicted octanol–water partition coefficient (Wildman–Crippen LogP) is 3.73. The molecule has 17 heavy (non-hydrogen) atoms. The van der Waals surface area contributed by atoms with Gasteiger partial charge in [0.15, 0.2) is 0 Å². The van der Waals surface area contributed by atoms with Crippen molar-refractivity contribution in [2.45, 2.75) is 19.4 Å². The van der Waals surface area contributed by atoms with Crippen molar-refractivity contribution >= 4 is 23.2 Å². The van der Waals surface area contributed by atoms with Gasteiger partial charge in [-0.2, -0.15) is 5.26 Å². The van der Waals surface area contributed by atoms with Gasteiger partial charge >= 0.3 is 0 Å². The first-order chi connectivity index (χ1) is 8.20. The Labute approximate surface area is 112 Å². The molecule has 1 aromatic carbocycles. The van der Waals surface area contributed by atoms with Gasteiger partial charge in [-0.05, 0) is 31.0 Å². The molecule has 0 N–H and O–H groups in total. The number of piperidine rings is 1. The Hall–Kier alpha value is -0.750. The summed E-state index contributed by atoms with van der Waals surface area (Å²) in [6.45, 7) is 2.64. The monoisotopic (exact) mass is 268 g/mol. The molecule has 2 nitrogen and oxygen atoms in total. The van der Waals surface area contributed by atoms with Gasteiger partial charge in [0.05, 0.1) is 22.0 Å². The fourth-order valence-corrected chi connectivity index (χ4v) is 2.60. The lowest BCUT2D eigenvalue weighted by Gasteiger charge is -2.29. The van der Waals surface area contributed by atoms with Gasteiger partial charge in [-0.3, -0.25) is 4.90 Å². The molecule has 1 atom stereocenters. The van der Waals surface area contributed by atoms with Crippen molar-refractivity contribution < 1.29 is 0 Å². The second-order valence-electron chi connectivity index (χ2n) is 4.42. The third-order valence-electron chi connectivity index (χ3n) is 3.11. The van der Waals surface area contributed by atoms with Crippen LogP contribution in [0, 0.1) is 17.2 Å². The van der Waals surface area contributed by atoms with E-state index >= 15 is 0 Å². The Morgan fingerprint density at radius 2 is 2.24 bits per heavy atom. The quantitative estimate of drug-likeness (QED) is 0.818. The minimum atomic E-state index is 0.154. The zero-order valence-electron chi connectivity index (χ0n) is 9.50. The van der Waals surface area contributed by atoms with Crippen molar-refractivity contribution in [1.29, 1.82) is 5.26 Å². The van der Waals surface area contributed by atoms with Crippen LogP contribution < -0.4 is 0 Å². The van der Waals surface area contributed by atoms with Gasteiger partial charge < -0.3 is 0 Å². The van der Waals surface area contributed by atoms with Gasteiger partial charge in [0, 0.05) is 13.1 Å². The zero-order chi connectivity index (χ0) is 12.3. The number of hydrogen-bond donors (Lipinski definition) is 0. The first-order valence-corrected chi connectivity index (χ1v) is 6.51.